The largest absolute Gasteiger partial charge is 0.496 e. The summed E-state index contributed by atoms with van der Waals surface area (Å²) in [6, 6.07) is 16.4. The summed E-state index contributed by atoms with van der Waals surface area (Å²) in [6.45, 7) is 6.43. The van der Waals surface area contributed by atoms with Crippen LogP contribution < -0.4 is 15.4 Å². The number of rotatable bonds is 7. The van der Waals surface area contributed by atoms with E-state index in [1.54, 1.807) is 7.11 Å². The molecule has 0 spiro atoms. The molecule has 0 aliphatic heterocycles. The minimum absolute atomic E-state index is 0. The molecule has 0 aliphatic carbocycles. The van der Waals surface area contributed by atoms with E-state index in [2.05, 4.69) is 53.7 Å². The van der Waals surface area contributed by atoms with Gasteiger partial charge in [0.05, 0.1) is 13.7 Å². The Morgan fingerprint density at radius 1 is 1.07 bits per heavy atom. The number of benzene rings is 2. The Morgan fingerprint density at radius 2 is 1.82 bits per heavy atom. The van der Waals surface area contributed by atoms with E-state index in [0.717, 1.165) is 36.8 Å². The molecule has 1 aromatic heterocycles. The van der Waals surface area contributed by atoms with Crippen LogP contribution in [0, 0.1) is 6.92 Å². The number of methoxy groups -OCH3 is 1. The molecule has 5 nitrogen and oxygen atoms in total. The van der Waals surface area contributed by atoms with E-state index in [-0.39, 0.29) is 24.0 Å². The number of guanidine groups is 1. The summed E-state index contributed by atoms with van der Waals surface area (Å²) in [5, 5.41) is 8.05. The number of aromatic nitrogens is 1. The van der Waals surface area contributed by atoms with Gasteiger partial charge >= 0.3 is 0 Å². The van der Waals surface area contributed by atoms with Crippen LogP contribution in [-0.4, -0.2) is 31.1 Å². The summed E-state index contributed by atoms with van der Waals surface area (Å²) < 4.78 is 5.41. The van der Waals surface area contributed by atoms with Crippen molar-refractivity contribution in [3.63, 3.8) is 0 Å². The van der Waals surface area contributed by atoms with Crippen molar-refractivity contribution in [3.05, 3.63) is 65.4 Å². The standard InChI is InChI=1S/C22H28N4O.HI/c1-4-23-22(25-15-17-9-5-8-12-21(17)27-3)24-14-13-18-16(2)26-20-11-7-6-10-19(18)20;/h5-12,26H,4,13-15H2,1-3H3,(H2,23,24,25);1H. The van der Waals surface area contributed by atoms with Crippen LogP contribution >= 0.6 is 24.0 Å². The molecule has 3 aromatic rings. The van der Waals surface area contributed by atoms with Gasteiger partial charge in [-0.3, -0.25) is 0 Å². The van der Waals surface area contributed by atoms with E-state index in [0.29, 0.717) is 6.54 Å². The minimum Gasteiger partial charge on any atom is -0.496 e. The summed E-state index contributed by atoms with van der Waals surface area (Å²) in [7, 11) is 1.69. The number of halogens is 1. The predicted molar refractivity (Wildman–Crippen MR) is 128 cm³/mol. The topological polar surface area (TPSA) is 61.4 Å². The van der Waals surface area contributed by atoms with Crippen LogP contribution in [0.4, 0.5) is 0 Å². The minimum atomic E-state index is 0. The Labute approximate surface area is 184 Å². The van der Waals surface area contributed by atoms with Gasteiger partial charge in [-0.15, -0.1) is 24.0 Å². The highest BCUT2D eigenvalue weighted by molar-refractivity contribution is 14.0. The van der Waals surface area contributed by atoms with Crippen LogP contribution in [0.25, 0.3) is 10.9 Å². The quantitative estimate of drug-likeness (QED) is 0.260. The number of aliphatic imine (C=N–C) groups is 1. The highest BCUT2D eigenvalue weighted by Crippen LogP contribution is 2.22. The maximum absolute atomic E-state index is 5.41. The van der Waals surface area contributed by atoms with Gasteiger partial charge in [0.1, 0.15) is 5.75 Å². The molecule has 3 rings (SSSR count). The normalized spacial score (nSPS) is 11.2. The van der Waals surface area contributed by atoms with Gasteiger partial charge in [0, 0.05) is 35.2 Å². The third kappa shape index (κ3) is 5.41. The zero-order valence-electron chi connectivity index (χ0n) is 16.7. The summed E-state index contributed by atoms with van der Waals surface area (Å²) >= 11 is 0. The SMILES string of the molecule is CCNC(=NCc1ccccc1OC)NCCc1c(C)[nH]c2ccccc12.I. The molecule has 0 aliphatic rings. The Hall–Kier alpha value is -2.22. The van der Waals surface area contributed by atoms with Gasteiger partial charge in [0.25, 0.3) is 0 Å². The van der Waals surface area contributed by atoms with E-state index in [4.69, 9.17) is 9.73 Å². The number of H-pyrrole nitrogens is 1. The van der Waals surface area contributed by atoms with Crippen molar-refractivity contribution in [1.29, 1.82) is 0 Å². The first-order valence-electron chi connectivity index (χ1n) is 9.43. The van der Waals surface area contributed by atoms with Crippen molar-refractivity contribution in [2.45, 2.75) is 26.8 Å². The highest BCUT2D eigenvalue weighted by Gasteiger charge is 2.08. The molecule has 28 heavy (non-hydrogen) atoms. The fourth-order valence-electron chi connectivity index (χ4n) is 3.30. The highest BCUT2D eigenvalue weighted by atomic mass is 127. The first-order chi connectivity index (χ1) is 13.2. The third-order valence-corrected chi connectivity index (χ3v) is 4.64. The van der Waals surface area contributed by atoms with Gasteiger partial charge in [0.2, 0.25) is 0 Å². The molecular formula is C22H29IN4O. The molecule has 0 amide bonds. The van der Waals surface area contributed by atoms with Crippen molar-refractivity contribution in [1.82, 2.24) is 15.6 Å². The summed E-state index contributed by atoms with van der Waals surface area (Å²) in [4.78, 5) is 8.16. The maximum atomic E-state index is 5.41. The van der Waals surface area contributed by atoms with Crippen molar-refractivity contribution < 1.29 is 4.74 Å². The third-order valence-electron chi connectivity index (χ3n) is 4.64. The molecule has 0 saturated carbocycles. The Morgan fingerprint density at radius 3 is 2.61 bits per heavy atom. The smallest absolute Gasteiger partial charge is 0.191 e. The molecule has 6 heteroatoms. The van der Waals surface area contributed by atoms with E-state index in [1.807, 2.05) is 24.3 Å². The van der Waals surface area contributed by atoms with Crippen LogP contribution in [0.3, 0.4) is 0 Å². The number of aryl methyl sites for hydroxylation is 1. The lowest BCUT2D eigenvalue weighted by Gasteiger charge is -2.12. The summed E-state index contributed by atoms with van der Waals surface area (Å²) in [5.41, 5.74) is 4.86. The van der Waals surface area contributed by atoms with E-state index in [9.17, 15) is 0 Å². The molecular weight excluding hydrogens is 463 g/mol. The number of nitrogens with zero attached hydrogens (tertiary/aromatic N) is 1. The molecule has 0 radical (unpaired) electrons. The fourth-order valence-corrected chi connectivity index (χ4v) is 3.30. The lowest BCUT2D eigenvalue weighted by molar-refractivity contribution is 0.410. The molecule has 1 heterocycles. The Bertz CT molecular complexity index is 920. The lowest BCUT2D eigenvalue weighted by Crippen LogP contribution is -2.38. The molecule has 0 fully saturated rings. The van der Waals surface area contributed by atoms with Crippen LogP contribution in [0.1, 0.15) is 23.7 Å². The molecule has 0 saturated heterocycles. The van der Waals surface area contributed by atoms with E-state index >= 15 is 0 Å². The van der Waals surface area contributed by atoms with Gasteiger partial charge in [-0.1, -0.05) is 36.4 Å². The number of ether oxygens (including phenoxy) is 1. The predicted octanol–water partition coefficient (Wildman–Crippen LogP) is 4.40. The molecule has 0 unspecified atom stereocenters. The van der Waals surface area contributed by atoms with Crippen LogP contribution in [-0.2, 0) is 13.0 Å². The van der Waals surface area contributed by atoms with Gasteiger partial charge < -0.3 is 20.4 Å². The number of nitrogens with one attached hydrogen (secondary N) is 3. The molecule has 0 atom stereocenters. The van der Waals surface area contributed by atoms with Gasteiger partial charge in [-0.05, 0) is 38.0 Å². The number of hydrogen-bond donors (Lipinski definition) is 3. The second kappa shape index (κ2) is 10.9. The zero-order valence-corrected chi connectivity index (χ0v) is 19.0. The summed E-state index contributed by atoms with van der Waals surface area (Å²) in [5.74, 6) is 1.69. The van der Waals surface area contributed by atoms with E-state index in [1.165, 1.54) is 22.2 Å². The first kappa shape index (κ1) is 22.1. The van der Waals surface area contributed by atoms with Crippen LogP contribution in [0.2, 0.25) is 0 Å². The molecule has 0 bridgehead atoms. The van der Waals surface area contributed by atoms with Crippen molar-refractivity contribution in [3.8, 4) is 5.75 Å². The van der Waals surface area contributed by atoms with Gasteiger partial charge in [-0.2, -0.15) is 0 Å². The Kier molecular flexibility index (Phi) is 8.63. The monoisotopic (exact) mass is 492 g/mol. The van der Waals surface area contributed by atoms with Gasteiger partial charge in [-0.25, -0.2) is 4.99 Å². The number of aromatic amines is 1. The first-order valence-corrected chi connectivity index (χ1v) is 9.43. The Balaban J connectivity index is 0.00000280. The summed E-state index contributed by atoms with van der Waals surface area (Å²) in [6.07, 6.45) is 0.939. The maximum Gasteiger partial charge on any atom is 0.191 e. The van der Waals surface area contributed by atoms with Crippen molar-refractivity contribution >= 4 is 40.8 Å². The zero-order chi connectivity index (χ0) is 19.1. The van der Waals surface area contributed by atoms with Crippen LogP contribution in [0.15, 0.2) is 53.5 Å². The lowest BCUT2D eigenvalue weighted by atomic mass is 10.1. The number of hydrogen-bond acceptors (Lipinski definition) is 2. The van der Waals surface area contributed by atoms with Crippen molar-refractivity contribution in [2.24, 2.45) is 4.99 Å². The average Bonchev–Trinajstić information content (AvgIpc) is 3.01. The number of fused-ring (bicyclic) bond motifs is 1. The molecule has 3 N–H and O–H groups in total. The van der Waals surface area contributed by atoms with E-state index < -0.39 is 0 Å². The average molecular weight is 492 g/mol. The second-order valence-corrected chi connectivity index (χ2v) is 6.46. The fraction of sp³-hybridized carbons (Fsp3) is 0.318. The van der Waals surface area contributed by atoms with Crippen LogP contribution in [0.5, 0.6) is 5.75 Å². The molecule has 150 valence electrons. The van der Waals surface area contributed by atoms with Crippen molar-refractivity contribution in [2.75, 3.05) is 20.2 Å². The second-order valence-electron chi connectivity index (χ2n) is 6.46. The number of para-hydroxylation sites is 2. The molecule has 2 aromatic carbocycles. The van der Waals surface area contributed by atoms with Gasteiger partial charge in [0.15, 0.2) is 5.96 Å².